The summed E-state index contributed by atoms with van der Waals surface area (Å²) in [4.78, 5) is 81.2. The molecule has 5 aromatic carbocycles. The third-order valence-electron chi connectivity index (χ3n) is 12.1. The van der Waals surface area contributed by atoms with E-state index in [1.54, 1.807) is 36.4 Å². The number of carbonyl (C=O) groups is 5. The minimum atomic E-state index is -1.40. The van der Waals surface area contributed by atoms with E-state index in [-0.39, 0.29) is 69.1 Å². The number of aromatic hydroxyl groups is 1. The summed E-state index contributed by atoms with van der Waals surface area (Å²) in [6.45, 7) is 2.86. The van der Waals surface area contributed by atoms with Crippen molar-refractivity contribution >= 4 is 51.7 Å². The SMILES string of the molecule is CCN=c1ccc2c(-c3ccc(C(=O)NCc4ccc(C(=O)NCc5c(O)ccc6c(-c7ccc(C(=O)O)cc7C(=O)O)c7ccc(=O)cc-7oc56)cc4)cc3C(=O)O)c3ccc(CNC)cc3oc-2c1. The molecule has 0 unspecified atom stereocenters. The van der Waals surface area contributed by atoms with E-state index in [4.69, 9.17) is 8.83 Å². The summed E-state index contributed by atoms with van der Waals surface area (Å²) < 4.78 is 12.5. The van der Waals surface area contributed by atoms with E-state index < -0.39 is 35.2 Å². The van der Waals surface area contributed by atoms with Crippen LogP contribution >= 0.6 is 0 Å². The van der Waals surface area contributed by atoms with Gasteiger partial charge in [-0.25, -0.2) is 14.4 Å². The molecule has 0 fully saturated rings. The van der Waals surface area contributed by atoms with Gasteiger partial charge in [0.15, 0.2) is 5.43 Å². The first kappa shape index (κ1) is 46.7. The van der Waals surface area contributed by atoms with Gasteiger partial charge < -0.3 is 45.2 Å². The van der Waals surface area contributed by atoms with Crippen LogP contribution in [-0.2, 0) is 19.6 Å². The van der Waals surface area contributed by atoms with Crippen molar-refractivity contribution in [3.63, 3.8) is 0 Å². The van der Waals surface area contributed by atoms with Crippen LogP contribution in [0.25, 0.3) is 66.8 Å². The highest BCUT2D eigenvalue weighted by Gasteiger charge is 2.26. The summed E-state index contributed by atoms with van der Waals surface area (Å²) in [5.41, 5.74) is 4.09. The van der Waals surface area contributed by atoms with Crippen LogP contribution in [0, 0.1) is 0 Å². The van der Waals surface area contributed by atoms with Crippen molar-refractivity contribution in [3.05, 3.63) is 187 Å². The lowest BCUT2D eigenvalue weighted by Gasteiger charge is -2.19. The molecule has 354 valence electrons. The predicted octanol–water partition coefficient (Wildman–Crippen LogP) is 8.38. The maximum absolute atomic E-state index is 13.6. The zero-order valence-electron chi connectivity index (χ0n) is 38.0. The largest absolute Gasteiger partial charge is 0.507 e. The molecule has 16 nitrogen and oxygen atoms in total. The average Bonchev–Trinajstić information content (AvgIpc) is 3.36. The van der Waals surface area contributed by atoms with Crippen molar-refractivity contribution in [1.82, 2.24) is 16.0 Å². The van der Waals surface area contributed by atoms with E-state index in [1.165, 1.54) is 48.5 Å². The van der Waals surface area contributed by atoms with Crippen molar-refractivity contribution in [1.29, 1.82) is 0 Å². The van der Waals surface area contributed by atoms with Gasteiger partial charge in [0.2, 0.25) is 0 Å². The van der Waals surface area contributed by atoms with E-state index in [2.05, 4.69) is 20.9 Å². The standard InChI is InChI=1S/C55H42N4O12/c1-3-57-33-11-16-38-46(23-33)70-45-20-29(25-56-2)6-13-37(45)48(38)35-14-9-31(21-41(35)54(66)67)52(63)58-26-28-4-7-30(8-5-28)51(62)59-27-43-44(61)19-18-40-49(39-17-12-34(60)24-47(39)71-50(40)43)36-15-10-32(53(64)65)22-42(36)55(68)69/h4-24,56,61H,3,25-27H2,1-2H3,(H,58,63)(H,59,62)(H,64,65)(H,66,67)(H,68,69). The highest BCUT2D eigenvalue weighted by atomic mass is 16.4. The Balaban J connectivity index is 0.944. The first-order chi connectivity index (χ1) is 34.2. The number of carbonyl (C=O) groups excluding carboxylic acids is 2. The number of rotatable bonds is 14. The van der Waals surface area contributed by atoms with Crippen LogP contribution in [0.2, 0.25) is 0 Å². The van der Waals surface area contributed by atoms with Gasteiger partial charge in [-0.2, -0.15) is 0 Å². The van der Waals surface area contributed by atoms with Crippen molar-refractivity contribution in [2.45, 2.75) is 26.6 Å². The zero-order valence-corrected chi connectivity index (χ0v) is 38.0. The van der Waals surface area contributed by atoms with Crippen LogP contribution < -0.4 is 26.7 Å². The van der Waals surface area contributed by atoms with Crippen LogP contribution in [0.1, 0.15) is 75.4 Å². The molecular weight excluding hydrogens is 909 g/mol. The fraction of sp³-hybridized carbons (Fsp3) is 0.109. The van der Waals surface area contributed by atoms with Gasteiger partial charge >= 0.3 is 17.9 Å². The number of benzene rings is 7. The van der Waals surface area contributed by atoms with Crippen molar-refractivity contribution in [2.24, 2.45) is 4.99 Å². The Bertz CT molecular complexity index is 3720. The van der Waals surface area contributed by atoms with Crippen molar-refractivity contribution < 1.29 is 53.2 Å². The Labute approximate surface area is 402 Å². The molecule has 4 aliphatic rings. The number of fused-ring (bicyclic) bond motifs is 4. The average molecular weight is 951 g/mol. The van der Waals surface area contributed by atoms with Crippen molar-refractivity contribution in [2.75, 3.05) is 13.6 Å². The molecule has 16 heteroatoms. The molecule has 0 bridgehead atoms. The number of nitrogens with zero attached hydrogens (tertiary/aromatic N) is 1. The number of hydrogen-bond donors (Lipinski definition) is 7. The van der Waals surface area contributed by atoms with Gasteiger partial charge in [-0.3, -0.25) is 19.4 Å². The second kappa shape index (κ2) is 19.3. The van der Waals surface area contributed by atoms with Crippen LogP contribution in [0.15, 0.2) is 146 Å². The summed E-state index contributed by atoms with van der Waals surface area (Å²) >= 11 is 0. The fourth-order valence-electron chi connectivity index (χ4n) is 8.73. The minimum Gasteiger partial charge on any atom is -0.507 e. The van der Waals surface area contributed by atoms with Crippen LogP contribution in [-0.4, -0.2) is 63.7 Å². The summed E-state index contributed by atoms with van der Waals surface area (Å²) in [7, 11) is 1.84. The molecule has 2 aliphatic heterocycles. The lowest BCUT2D eigenvalue weighted by molar-refractivity contribution is 0.0682. The Kier molecular flexibility index (Phi) is 12.7. The quantitative estimate of drug-likeness (QED) is 0.0506. The maximum Gasteiger partial charge on any atom is 0.336 e. The van der Waals surface area contributed by atoms with Gasteiger partial charge in [0.25, 0.3) is 11.8 Å². The van der Waals surface area contributed by atoms with E-state index in [0.29, 0.717) is 68.6 Å². The summed E-state index contributed by atoms with van der Waals surface area (Å²) in [6.07, 6.45) is 0. The first-order valence-electron chi connectivity index (χ1n) is 22.2. The second-order valence-electron chi connectivity index (χ2n) is 16.6. The van der Waals surface area contributed by atoms with E-state index in [0.717, 1.165) is 17.0 Å². The highest BCUT2D eigenvalue weighted by Crippen LogP contribution is 2.45. The third kappa shape index (κ3) is 9.17. The van der Waals surface area contributed by atoms with Gasteiger partial charge in [-0.1, -0.05) is 36.4 Å². The lowest BCUT2D eigenvalue weighted by atomic mass is 9.89. The molecular formula is C55H42N4O12. The Morgan fingerprint density at radius 1 is 0.549 bits per heavy atom. The molecule has 71 heavy (non-hydrogen) atoms. The summed E-state index contributed by atoms with van der Waals surface area (Å²) in [5.74, 6) is -4.70. The zero-order chi connectivity index (χ0) is 50.1. The van der Waals surface area contributed by atoms with Gasteiger partial charge in [0, 0.05) is 75.9 Å². The normalized spacial score (nSPS) is 11.6. The lowest BCUT2D eigenvalue weighted by Crippen LogP contribution is -2.24. The Morgan fingerprint density at radius 3 is 1.80 bits per heavy atom. The molecule has 2 heterocycles. The summed E-state index contributed by atoms with van der Waals surface area (Å²) in [5, 5.41) is 51.8. The predicted molar refractivity (Wildman–Crippen MR) is 263 cm³/mol. The number of phenols is 1. The molecule has 2 aliphatic carbocycles. The molecule has 2 amide bonds. The molecule has 0 spiro atoms. The number of amides is 2. The van der Waals surface area contributed by atoms with E-state index in [9.17, 15) is 49.2 Å². The minimum absolute atomic E-state index is 0.0375. The van der Waals surface area contributed by atoms with Crippen LogP contribution in [0.4, 0.5) is 0 Å². The smallest absolute Gasteiger partial charge is 0.336 e. The highest BCUT2D eigenvalue weighted by molar-refractivity contribution is 6.11. The summed E-state index contributed by atoms with van der Waals surface area (Å²) in [6, 6.07) is 32.6. The Hall–Kier alpha value is -9.41. The van der Waals surface area contributed by atoms with Gasteiger partial charge in [-0.15, -0.1) is 0 Å². The van der Waals surface area contributed by atoms with Crippen LogP contribution in [0.5, 0.6) is 5.75 Å². The number of aromatic carboxylic acids is 3. The molecule has 0 saturated carbocycles. The molecule has 5 aromatic rings. The second-order valence-corrected chi connectivity index (χ2v) is 16.6. The van der Waals surface area contributed by atoms with Gasteiger partial charge in [-0.05, 0) is 115 Å². The number of nitrogens with one attached hydrogen (secondary N) is 3. The number of hydrogen-bond acceptors (Lipinski definition) is 11. The van der Waals surface area contributed by atoms with Gasteiger partial charge in [0.1, 0.15) is 28.4 Å². The van der Waals surface area contributed by atoms with E-state index >= 15 is 0 Å². The maximum atomic E-state index is 13.6. The fourth-order valence-corrected chi connectivity index (χ4v) is 8.73. The Morgan fingerprint density at radius 2 is 1.13 bits per heavy atom. The molecule has 9 rings (SSSR count). The molecule has 7 N–H and O–H groups in total. The number of carboxylic acid groups (broad SMARTS) is 3. The molecule has 0 aromatic heterocycles. The number of phenolic OH excluding ortho intramolecular Hbond substituents is 1. The monoisotopic (exact) mass is 950 g/mol. The number of carboxylic acids is 3. The third-order valence-corrected chi connectivity index (χ3v) is 12.1. The molecule has 0 saturated heterocycles. The van der Waals surface area contributed by atoms with E-state index in [1.807, 2.05) is 50.4 Å². The molecule has 0 radical (unpaired) electrons. The molecule has 0 atom stereocenters. The van der Waals surface area contributed by atoms with Crippen molar-refractivity contribution in [3.8, 4) is 50.7 Å². The van der Waals surface area contributed by atoms with Crippen LogP contribution in [0.3, 0.4) is 0 Å². The first-order valence-corrected chi connectivity index (χ1v) is 22.2. The topological polar surface area (TPSA) is 258 Å². The van der Waals surface area contributed by atoms with Gasteiger partial charge in [0.05, 0.1) is 34.2 Å².